The molecule has 1 aromatic carbocycles. The molecule has 4 atom stereocenters. The van der Waals surface area contributed by atoms with Crippen molar-refractivity contribution in [3.05, 3.63) is 27.8 Å². The molecule has 1 aliphatic carbocycles. The van der Waals surface area contributed by atoms with E-state index in [0.29, 0.717) is 16.9 Å². The first kappa shape index (κ1) is 36.9. The highest BCUT2D eigenvalue weighted by atomic mass is 32.2. The molecule has 0 radical (unpaired) electrons. The normalized spacial score (nSPS) is 22.2. The number of ether oxygens (including phenoxy) is 2. The maximum absolute atomic E-state index is 14.0. The van der Waals surface area contributed by atoms with Crippen LogP contribution in [-0.2, 0) is 42.1 Å². The molecule has 1 saturated carbocycles. The molecule has 15 heteroatoms. The zero-order valence-electron chi connectivity index (χ0n) is 26.6. The van der Waals surface area contributed by atoms with Crippen molar-refractivity contribution in [2.45, 2.75) is 117 Å². The Labute approximate surface area is 259 Å². The molecule has 1 aliphatic heterocycles. The number of hydrogen-bond acceptors (Lipinski definition) is 7. The van der Waals surface area contributed by atoms with Gasteiger partial charge < -0.3 is 18.6 Å². The van der Waals surface area contributed by atoms with Crippen molar-refractivity contribution in [3.8, 4) is 5.75 Å². The molecule has 45 heavy (non-hydrogen) atoms. The number of hydrogen-bond donors (Lipinski definition) is 0. The Morgan fingerprint density at radius 3 is 2.07 bits per heavy atom. The quantitative estimate of drug-likeness (QED) is 0.135. The van der Waals surface area contributed by atoms with Crippen LogP contribution >= 0.6 is 0 Å². The zero-order valence-corrected chi connectivity index (χ0v) is 27.4. The maximum atomic E-state index is 14.0. The fourth-order valence-corrected chi connectivity index (χ4v) is 6.69. The van der Waals surface area contributed by atoms with E-state index in [1.165, 1.54) is 13.8 Å². The first-order valence-corrected chi connectivity index (χ1v) is 16.2. The van der Waals surface area contributed by atoms with Gasteiger partial charge in [0.2, 0.25) is 0 Å². The van der Waals surface area contributed by atoms with Crippen LogP contribution in [0.5, 0.6) is 5.75 Å². The van der Waals surface area contributed by atoms with Gasteiger partial charge in [-0.3, -0.25) is 4.79 Å². The van der Waals surface area contributed by atoms with Crippen LogP contribution < -0.4 is 4.18 Å². The molecule has 1 aromatic rings. The highest BCUT2D eigenvalue weighted by Crippen LogP contribution is 2.45. The zero-order chi connectivity index (χ0) is 34.4. The second-order valence-corrected chi connectivity index (χ2v) is 14.9. The van der Waals surface area contributed by atoms with Gasteiger partial charge in [-0.1, -0.05) is 27.2 Å². The predicted octanol–water partition coefficient (Wildman–Crippen LogP) is 6.84. The van der Waals surface area contributed by atoms with E-state index in [9.17, 15) is 44.3 Å². The molecule has 256 valence electrons. The van der Waals surface area contributed by atoms with Crippen molar-refractivity contribution in [1.29, 1.82) is 0 Å². The molecule has 0 bridgehead atoms. The molecule has 1 amide bonds. The fraction of sp³-hybridized carbons (Fsp3) is 0.733. The number of amides is 1. The number of benzene rings is 1. The van der Waals surface area contributed by atoms with E-state index < -0.39 is 63.8 Å². The molecule has 1 heterocycles. The summed E-state index contributed by atoms with van der Waals surface area (Å²) in [6.45, 7) is 12.3. The van der Waals surface area contributed by atoms with Crippen molar-refractivity contribution in [3.63, 3.8) is 0 Å². The van der Waals surface area contributed by atoms with E-state index in [4.69, 9.17) is 9.47 Å². The van der Waals surface area contributed by atoms with Crippen LogP contribution in [0.4, 0.5) is 26.3 Å². The summed E-state index contributed by atoms with van der Waals surface area (Å²) in [7, 11) is -6.32. The Morgan fingerprint density at radius 2 is 1.56 bits per heavy atom. The lowest BCUT2D eigenvalue weighted by Crippen LogP contribution is -2.44. The Bertz CT molecular complexity index is 1400. The SMILES string of the molecule is Cc1c2c(c(C)c([C@H](OC(C)(C)C)C(=O)O[C@@H]3C[C@H](C)CC[C@H]3C(C)C)c1OS(=O)(=O)C(F)(F)F)CCN(C(=O)C(F)(F)F)C2. The third kappa shape index (κ3) is 8.25. The monoisotopic (exact) mass is 673 g/mol. The van der Waals surface area contributed by atoms with Gasteiger partial charge in [0, 0.05) is 18.7 Å². The number of nitrogens with zero attached hydrogens (tertiary/aromatic N) is 1. The number of carbonyl (C=O) groups is 2. The van der Waals surface area contributed by atoms with Crippen molar-refractivity contribution in [2.24, 2.45) is 17.8 Å². The second kappa shape index (κ2) is 12.9. The average molecular weight is 674 g/mol. The second-order valence-electron chi connectivity index (χ2n) is 13.3. The van der Waals surface area contributed by atoms with E-state index in [1.54, 1.807) is 20.8 Å². The lowest BCUT2D eigenvalue weighted by Gasteiger charge is -2.38. The van der Waals surface area contributed by atoms with E-state index in [1.807, 2.05) is 20.8 Å². The van der Waals surface area contributed by atoms with Gasteiger partial charge in [0.25, 0.3) is 0 Å². The van der Waals surface area contributed by atoms with Crippen molar-refractivity contribution in [2.75, 3.05) is 6.54 Å². The molecule has 0 saturated heterocycles. The van der Waals surface area contributed by atoms with Gasteiger partial charge in [-0.05, 0) is 93.9 Å². The van der Waals surface area contributed by atoms with Gasteiger partial charge in [-0.15, -0.1) is 0 Å². The minimum absolute atomic E-state index is 0.00900. The summed E-state index contributed by atoms with van der Waals surface area (Å²) in [5.74, 6) is -3.66. The summed E-state index contributed by atoms with van der Waals surface area (Å²) < 4.78 is 122. The molecule has 0 aromatic heterocycles. The number of carbonyl (C=O) groups excluding carboxylic acids is 2. The Kier molecular flexibility index (Phi) is 10.6. The van der Waals surface area contributed by atoms with Gasteiger partial charge in [-0.2, -0.15) is 34.8 Å². The predicted molar refractivity (Wildman–Crippen MR) is 151 cm³/mol. The molecule has 1 fully saturated rings. The first-order valence-electron chi connectivity index (χ1n) is 14.8. The molecule has 3 rings (SSSR count). The molecule has 0 N–H and O–H groups in total. The van der Waals surface area contributed by atoms with Crippen molar-refractivity contribution >= 4 is 22.0 Å². The standard InChI is InChI=1S/C30H41F6NO7S/c1-15(2)19-10-9-16(3)13-22(19)42-26(38)25(43-28(6,7)8)23-17(4)20-11-12-37(27(39)29(31,32)33)14-21(20)18(5)24(23)44-45(40,41)30(34,35)36/h15-16,19,22,25H,9-14H2,1-8H3/t16-,19+,22-,25+/m1/s1. The third-order valence-electron chi connectivity index (χ3n) is 8.42. The van der Waals surface area contributed by atoms with Crippen LogP contribution in [0.25, 0.3) is 0 Å². The van der Waals surface area contributed by atoms with Crippen LogP contribution in [0.2, 0.25) is 0 Å². The molecule has 0 spiro atoms. The van der Waals surface area contributed by atoms with Crippen LogP contribution in [-0.4, -0.2) is 55.1 Å². The number of halogens is 6. The minimum Gasteiger partial charge on any atom is -0.460 e. The fourth-order valence-electron chi connectivity index (χ4n) is 6.17. The molecule has 0 unspecified atom stereocenters. The summed E-state index contributed by atoms with van der Waals surface area (Å²) in [6.07, 6.45) is -5.43. The van der Waals surface area contributed by atoms with Gasteiger partial charge in [0.05, 0.1) is 5.60 Å². The Hall–Kier alpha value is -2.55. The number of alkyl halides is 6. The Balaban J connectivity index is 2.25. The van der Waals surface area contributed by atoms with Crippen molar-refractivity contribution in [1.82, 2.24) is 4.90 Å². The van der Waals surface area contributed by atoms with E-state index in [0.717, 1.165) is 12.8 Å². The van der Waals surface area contributed by atoms with Crippen LogP contribution in [0.15, 0.2) is 0 Å². The van der Waals surface area contributed by atoms with Crippen LogP contribution in [0.1, 0.15) is 94.7 Å². The summed E-state index contributed by atoms with van der Waals surface area (Å²) in [6, 6.07) is 0. The van der Waals surface area contributed by atoms with Gasteiger partial charge >= 0.3 is 33.7 Å². The number of fused-ring (bicyclic) bond motifs is 1. The van der Waals surface area contributed by atoms with E-state index in [-0.39, 0.29) is 53.0 Å². The van der Waals surface area contributed by atoms with Crippen molar-refractivity contribution < 1.29 is 58.0 Å². The number of esters is 1. The Morgan fingerprint density at radius 1 is 0.956 bits per heavy atom. The highest BCUT2D eigenvalue weighted by Gasteiger charge is 2.51. The van der Waals surface area contributed by atoms with Gasteiger partial charge in [0.15, 0.2) is 11.9 Å². The van der Waals surface area contributed by atoms with Crippen LogP contribution in [0, 0.1) is 31.6 Å². The van der Waals surface area contributed by atoms with Gasteiger partial charge in [0.1, 0.15) is 6.10 Å². The largest absolute Gasteiger partial charge is 0.534 e. The van der Waals surface area contributed by atoms with Gasteiger partial charge in [-0.25, -0.2) is 4.79 Å². The topological polar surface area (TPSA) is 99.2 Å². The highest BCUT2D eigenvalue weighted by molar-refractivity contribution is 7.88. The summed E-state index contributed by atoms with van der Waals surface area (Å²) >= 11 is 0. The van der Waals surface area contributed by atoms with E-state index >= 15 is 0 Å². The third-order valence-corrected chi connectivity index (χ3v) is 9.38. The summed E-state index contributed by atoms with van der Waals surface area (Å²) in [5, 5.41) is 0. The minimum atomic E-state index is -6.32. The lowest BCUT2D eigenvalue weighted by molar-refractivity contribution is -0.186. The average Bonchev–Trinajstić information content (AvgIpc) is 2.88. The molecule has 2 aliphatic rings. The first-order chi connectivity index (χ1) is 20.4. The molecular weight excluding hydrogens is 632 g/mol. The van der Waals surface area contributed by atoms with Crippen LogP contribution in [0.3, 0.4) is 0 Å². The van der Waals surface area contributed by atoms with E-state index in [2.05, 4.69) is 4.18 Å². The maximum Gasteiger partial charge on any atom is 0.534 e. The smallest absolute Gasteiger partial charge is 0.460 e. The molecular formula is C30H41F6NO7S. The summed E-state index contributed by atoms with van der Waals surface area (Å²) in [4.78, 5) is 26.5. The molecule has 8 nitrogen and oxygen atoms in total. The summed E-state index contributed by atoms with van der Waals surface area (Å²) in [5.41, 5.74) is -7.18. The lowest BCUT2D eigenvalue weighted by atomic mass is 9.75. The number of rotatable bonds is 7.